The lowest BCUT2D eigenvalue weighted by atomic mass is 10.2. The van der Waals surface area contributed by atoms with Gasteiger partial charge >= 0.3 is 0 Å². The summed E-state index contributed by atoms with van der Waals surface area (Å²) in [7, 11) is -0.831. The molecule has 2 atom stereocenters. The van der Waals surface area contributed by atoms with Crippen molar-refractivity contribution in [2.24, 2.45) is 5.73 Å². The fourth-order valence-electron chi connectivity index (χ4n) is 1.39. The lowest BCUT2D eigenvalue weighted by Crippen LogP contribution is -2.34. The van der Waals surface area contributed by atoms with Crippen molar-refractivity contribution in [1.82, 2.24) is 10.3 Å². The standard InChI is InChI=1S/C12H19N3O2S/c1-9(5-6-18(2)17)15-12(16)11-4-3-10(7-13)8-14-11/h3-4,8-9H,5-7,13H2,1-2H3,(H,15,16). The molecule has 2 unspecified atom stereocenters. The van der Waals surface area contributed by atoms with E-state index in [9.17, 15) is 9.00 Å². The predicted octanol–water partition coefficient (Wildman–Crippen LogP) is 0.427. The van der Waals surface area contributed by atoms with Gasteiger partial charge in [-0.2, -0.15) is 0 Å². The maximum Gasteiger partial charge on any atom is 0.270 e. The van der Waals surface area contributed by atoms with E-state index in [-0.39, 0.29) is 11.9 Å². The zero-order valence-corrected chi connectivity index (χ0v) is 11.5. The molecule has 0 radical (unpaired) electrons. The van der Waals surface area contributed by atoms with Crippen LogP contribution in [0.1, 0.15) is 29.4 Å². The highest BCUT2D eigenvalue weighted by atomic mass is 32.2. The summed E-state index contributed by atoms with van der Waals surface area (Å²) in [6.45, 7) is 2.30. The Balaban J connectivity index is 2.50. The maximum absolute atomic E-state index is 11.8. The summed E-state index contributed by atoms with van der Waals surface area (Å²) < 4.78 is 10.9. The van der Waals surface area contributed by atoms with Gasteiger partial charge in [-0.15, -0.1) is 0 Å². The molecule has 0 fully saturated rings. The molecule has 5 nitrogen and oxygen atoms in total. The zero-order valence-electron chi connectivity index (χ0n) is 10.7. The van der Waals surface area contributed by atoms with Crippen LogP contribution in [-0.2, 0) is 17.3 Å². The number of carbonyl (C=O) groups is 1. The summed E-state index contributed by atoms with van der Waals surface area (Å²) in [4.78, 5) is 15.9. The fraction of sp³-hybridized carbons (Fsp3) is 0.500. The number of aromatic nitrogens is 1. The zero-order chi connectivity index (χ0) is 13.5. The second-order valence-corrected chi connectivity index (χ2v) is 5.75. The molecular formula is C12H19N3O2S. The number of nitrogens with zero attached hydrogens (tertiary/aromatic N) is 1. The number of hydrogen-bond donors (Lipinski definition) is 2. The molecule has 0 saturated carbocycles. The van der Waals surface area contributed by atoms with Gasteiger partial charge in [0.25, 0.3) is 5.91 Å². The van der Waals surface area contributed by atoms with E-state index in [1.807, 2.05) is 6.92 Å². The van der Waals surface area contributed by atoms with Gasteiger partial charge in [0.05, 0.1) is 0 Å². The Morgan fingerprint density at radius 1 is 1.56 bits per heavy atom. The van der Waals surface area contributed by atoms with Gasteiger partial charge in [-0.05, 0) is 25.0 Å². The van der Waals surface area contributed by atoms with Crippen molar-refractivity contribution < 1.29 is 9.00 Å². The largest absolute Gasteiger partial charge is 0.348 e. The smallest absolute Gasteiger partial charge is 0.270 e. The quantitative estimate of drug-likeness (QED) is 0.784. The van der Waals surface area contributed by atoms with Gasteiger partial charge in [0.2, 0.25) is 0 Å². The minimum Gasteiger partial charge on any atom is -0.348 e. The fourth-order valence-corrected chi connectivity index (χ4v) is 2.08. The molecule has 1 amide bonds. The molecule has 0 aliphatic heterocycles. The molecule has 0 spiro atoms. The number of carbonyl (C=O) groups excluding carboxylic acids is 1. The Bertz CT molecular complexity index is 420. The minimum atomic E-state index is -0.831. The van der Waals surface area contributed by atoms with Gasteiger partial charge in [-0.3, -0.25) is 14.0 Å². The molecule has 1 rings (SSSR count). The first-order valence-electron chi connectivity index (χ1n) is 5.78. The summed E-state index contributed by atoms with van der Waals surface area (Å²) in [6.07, 6.45) is 3.94. The molecule has 1 heterocycles. The molecular weight excluding hydrogens is 250 g/mol. The first kappa shape index (κ1) is 14.8. The average molecular weight is 269 g/mol. The first-order valence-corrected chi connectivity index (χ1v) is 7.51. The van der Waals surface area contributed by atoms with E-state index in [2.05, 4.69) is 10.3 Å². The van der Waals surface area contributed by atoms with Crippen molar-refractivity contribution in [3.63, 3.8) is 0 Å². The average Bonchev–Trinajstić information content (AvgIpc) is 2.36. The van der Waals surface area contributed by atoms with Crippen LogP contribution >= 0.6 is 0 Å². The Morgan fingerprint density at radius 3 is 2.78 bits per heavy atom. The highest BCUT2D eigenvalue weighted by molar-refractivity contribution is 7.84. The number of rotatable bonds is 6. The van der Waals surface area contributed by atoms with Crippen LogP contribution in [0.3, 0.4) is 0 Å². The third-order valence-corrected chi connectivity index (χ3v) is 3.32. The molecule has 0 aliphatic rings. The minimum absolute atomic E-state index is 0.0163. The van der Waals surface area contributed by atoms with Crippen molar-refractivity contribution >= 4 is 16.7 Å². The van der Waals surface area contributed by atoms with Gasteiger partial charge in [-0.25, -0.2) is 0 Å². The molecule has 0 aromatic carbocycles. The molecule has 3 N–H and O–H groups in total. The Morgan fingerprint density at radius 2 is 2.28 bits per heavy atom. The van der Waals surface area contributed by atoms with Gasteiger partial charge in [0.15, 0.2) is 0 Å². The van der Waals surface area contributed by atoms with Crippen LogP contribution in [-0.4, -0.2) is 33.2 Å². The summed E-state index contributed by atoms with van der Waals surface area (Å²) >= 11 is 0. The normalized spacial score (nSPS) is 13.9. The van der Waals surface area contributed by atoms with Gasteiger partial charge in [0, 0.05) is 41.6 Å². The highest BCUT2D eigenvalue weighted by Crippen LogP contribution is 2.01. The Kier molecular flexibility index (Phi) is 5.94. The number of nitrogens with one attached hydrogen (secondary N) is 1. The predicted molar refractivity (Wildman–Crippen MR) is 72.6 cm³/mol. The summed E-state index contributed by atoms with van der Waals surface area (Å²) in [5, 5.41) is 2.82. The molecule has 1 aromatic heterocycles. The number of hydrogen-bond acceptors (Lipinski definition) is 4. The lowest BCUT2D eigenvalue weighted by molar-refractivity contribution is 0.0934. The van der Waals surface area contributed by atoms with E-state index in [0.29, 0.717) is 24.4 Å². The monoisotopic (exact) mass is 269 g/mol. The molecule has 0 aliphatic carbocycles. The third kappa shape index (κ3) is 4.93. The lowest BCUT2D eigenvalue weighted by Gasteiger charge is -2.12. The molecule has 1 aromatic rings. The Hall–Kier alpha value is -1.27. The molecule has 100 valence electrons. The van der Waals surface area contributed by atoms with Crippen molar-refractivity contribution in [2.45, 2.75) is 25.9 Å². The van der Waals surface area contributed by atoms with Crippen LogP contribution in [0.4, 0.5) is 0 Å². The van der Waals surface area contributed by atoms with E-state index in [1.54, 1.807) is 24.6 Å². The summed E-state index contributed by atoms with van der Waals surface area (Å²) in [6, 6.07) is 3.42. The summed E-state index contributed by atoms with van der Waals surface area (Å²) in [5.74, 6) is 0.369. The van der Waals surface area contributed by atoms with E-state index in [0.717, 1.165) is 5.56 Å². The first-order chi connectivity index (χ1) is 8.52. The van der Waals surface area contributed by atoms with Gasteiger partial charge < -0.3 is 11.1 Å². The van der Waals surface area contributed by atoms with E-state index < -0.39 is 10.8 Å². The van der Waals surface area contributed by atoms with Crippen LogP contribution in [0, 0.1) is 0 Å². The Labute approximate surface area is 110 Å². The SMILES string of the molecule is CC(CCS(C)=O)NC(=O)c1ccc(CN)cn1. The van der Waals surface area contributed by atoms with E-state index in [4.69, 9.17) is 5.73 Å². The topological polar surface area (TPSA) is 85.1 Å². The van der Waals surface area contributed by atoms with Gasteiger partial charge in [-0.1, -0.05) is 6.07 Å². The number of amides is 1. The van der Waals surface area contributed by atoms with Crippen LogP contribution in [0.25, 0.3) is 0 Å². The second-order valence-electron chi connectivity index (χ2n) is 4.20. The van der Waals surface area contributed by atoms with Crippen LogP contribution in [0.5, 0.6) is 0 Å². The van der Waals surface area contributed by atoms with Crippen LogP contribution < -0.4 is 11.1 Å². The van der Waals surface area contributed by atoms with E-state index >= 15 is 0 Å². The highest BCUT2D eigenvalue weighted by Gasteiger charge is 2.11. The molecule has 18 heavy (non-hydrogen) atoms. The summed E-state index contributed by atoms with van der Waals surface area (Å²) in [5.41, 5.74) is 6.72. The molecule has 0 bridgehead atoms. The van der Waals surface area contributed by atoms with E-state index in [1.165, 1.54) is 0 Å². The van der Waals surface area contributed by atoms with Crippen molar-refractivity contribution in [1.29, 1.82) is 0 Å². The molecule has 0 saturated heterocycles. The molecule has 6 heteroatoms. The van der Waals surface area contributed by atoms with Crippen LogP contribution in [0.2, 0.25) is 0 Å². The van der Waals surface area contributed by atoms with Crippen molar-refractivity contribution in [2.75, 3.05) is 12.0 Å². The number of nitrogens with two attached hydrogens (primary N) is 1. The maximum atomic E-state index is 11.8. The van der Waals surface area contributed by atoms with Crippen molar-refractivity contribution in [3.05, 3.63) is 29.6 Å². The van der Waals surface area contributed by atoms with Crippen LogP contribution in [0.15, 0.2) is 18.3 Å². The number of pyridine rings is 1. The third-order valence-electron chi connectivity index (χ3n) is 2.51. The van der Waals surface area contributed by atoms with Gasteiger partial charge in [0.1, 0.15) is 5.69 Å². The second kappa shape index (κ2) is 7.23. The van der Waals surface area contributed by atoms with Crippen molar-refractivity contribution in [3.8, 4) is 0 Å².